The molecule has 1 saturated heterocycles. The van der Waals surface area contributed by atoms with E-state index < -0.39 is 23.8 Å². The average Bonchev–Trinajstić information content (AvgIpc) is 3.10. The average molecular weight is 463 g/mol. The van der Waals surface area contributed by atoms with Crippen molar-refractivity contribution < 1.29 is 19.2 Å². The number of likely N-dealkylation sites (N-methyl/N-ethyl adjacent to an activating group) is 1. The van der Waals surface area contributed by atoms with Crippen molar-refractivity contribution in [1.29, 1.82) is 0 Å². The van der Waals surface area contributed by atoms with E-state index in [1.54, 1.807) is 48.5 Å². The van der Waals surface area contributed by atoms with Crippen molar-refractivity contribution in [3.05, 3.63) is 65.2 Å². The first-order chi connectivity index (χ1) is 16.3. The fourth-order valence-electron chi connectivity index (χ4n) is 4.42. The van der Waals surface area contributed by atoms with Gasteiger partial charge in [0.15, 0.2) is 0 Å². The minimum atomic E-state index is -0.941. The van der Waals surface area contributed by atoms with Crippen molar-refractivity contribution >= 4 is 29.3 Å². The largest absolute Gasteiger partial charge is 0.336 e. The molecule has 0 bridgehead atoms. The van der Waals surface area contributed by atoms with Gasteiger partial charge < -0.3 is 15.1 Å². The molecule has 2 aliphatic rings. The Hall–Kier alpha value is -3.52. The number of nitrogens with zero attached hydrogens (tertiary/aromatic N) is 3. The van der Waals surface area contributed by atoms with Crippen LogP contribution in [0.5, 0.6) is 0 Å². The van der Waals surface area contributed by atoms with Crippen molar-refractivity contribution in [1.82, 2.24) is 14.7 Å². The molecule has 2 aromatic carbocycles. The van der Waals surface area contributed by atoms with Gasteiger partial charge in [-0.3, -0.25) is 24.1 Å². The van der Waals surface area contributed by atoms with Crippen molar-refractivity contribution in [3.63, 3.8) is 0 Å². The first kappa shape index (κ1) is 23.6. The Morgan fingerprint density at radius 3 is 2.00 bits per heavy atom. The van der Waals surface area contributed by atoms with E-state index >= 15 is 0 Å². The number of amides is 4. The van der Waals surface area contributed by atoms with Crippen LogP contribution in [-0.2, 0) is 4.79 Å². The zero-order valence-electron chi connectivity index (χ0n) is 19.8. The molecule has 4 amide bonds. The second kappa shape index (κ2) is 9.77. The van der Waals surface area contributed by atoms with Gasteiger partial charge in [0.1, 0.15) is 6.04 Å². The van der Waals surface area contributed by atoms with Crippen LogP contribution in [0.15, 0.2) is 48.5 Å². The number of hydrogen-bond donors (Lipinski definition) is 1. The molecule has 0 saturated carbocycles. The van der Waals surface area contributed by atoms with Crippen LogP contribution in [0.2, 0.25) is 0 Å². The summed E-state index contributed by atoms with van der Waals surface area (Å²) in [6.45, 7) is 6.83. The highest BCUT2D eigenvalue weighted by molar-refractivity contribution is 6.23. The van der Waals surface area contributed by atoms with Crippen molar-refractivity contribution in [3.8, 4) is 0 Å². The zero-order valence-corrected chi connectivity index (χ0v) is 19.8. The zero-order chi connectivity index (χ0) is 24.4. The number of benzene rings is 2. The number of hydrogen-bond acceptors (Lipinski definition) is 5. The number of carbonyl (C=O) groups excluding carboxylic acids is 4. The molecular formula is C26H30N4O4. The molecule has 2 atom stereocenters. The van der Waals surface area contributed by atoms with Gasteiger partial charge in [0.25, 0.3) is 17.7 Å². The van der Waals surface area contributed by atoms with Crippen molar-refractivity contribution in [2.75, 3.05) is 38.5 Å². The number of carbonyl (C=O) groups is 4. The molecule has 2 aromatic rings. The molecule has 0 spiro atoms. The van der Waals surface area contributed by atoms with Crippen LogP contribution in [0, 0.1) is 5.92 Å². The summed E-state index contributed by atoms with van der Waals surface area (Å²) in [5, 5.41) is 2.84. The van der Waals surface area contributed by atoms with E-state index in [2.05, 4.69) is 10.2 Å². The predicted octanol–water partition coefficient (Wildman–Crippen LogP) is 2.72. The summed E-state index contributed by atoms with van der Waals surface area (Å²) in [5.74, 6) is -1.60. The summed E-state index contributed by atoms with van der Waals surface area (Å²) < 4.78 is 0. The molecule has 4 rings (SSSR count). The maximum atomic E-state index is 13.3. The molecule has 1 N–H and O–H groups in total. The number of piperazine rings is 1. The van der Waals surface area contributed by atoms with Gasteiger partial charge in [-0.1, -0.05) is 32.4 Å². The van der Waals surface area contributed by atoms with Crippen LogP contribution < -0.4 is 5.32 Å². The predicted molar refractivity (Wildman–Crippen MR) is 129 cm³/mol. The van der Waals surface area contributed by atoms with Gasteiger partial charge in [0, 0.05) is 37.4 Å². The van der Waals surface area contributed by atoms with E-state index in [4.69, 9.17) is 0 Å². The first-order valence-electron chi connectivity index (χ1n) is 11.7. The molecule has 2 unspecified atom stereocenters. The lowest BCUT2D eigenvalue weighted by atomic mass is 9.96. The summed E-state index contributed by atoms with van der Waals surface area (Å²) in [5.41, 5.74) is 1.70. The van der Waals surface area contributed by atoms with Crippen molar-refractivity contribution in [2.24, 2.45) is 5.92 Å². The third kappa shape index (κ3) is 4.46. The second-order valence-corrected chi connectivity index (χ2v) is 9.02. The summed E-state index contributed by atoms with van der Waals surface area (Å²) in [6.07, 6.45) is 0.615. The standard InChI is InChI=1S/C26H30N4O4/c1-4-17(2)22(30-25(33)20-7-5-6-8-21(20)26(30)34)23(31)27-19-11-9-18(10-12-19)24(32)29-15-13-28(3)14-16-29/h5-12,17,22H,4,13-16H2,1-3H3,(H,27,31). The van der Waals surface area contributed by atoms with Crippen LogP contribution in [0.4, 0.5) is 5.69 Å². The fraction of sp³-hybridized carbons (Fsp3) is 0.385. The molecule has 8 nitrogen and oxygen atoms in total. The van der Waals surface area contributed by atoms with Gasteiger partial charge in [-0.05, 0) is 49.4 Å². The van der Waals surface area contributed by atoms with Gasteiger partial charge in [-0.15, -0.1) is 0 Å². The molecule has 1 fully saturated rings. The van der Waals surface area contributed by atoms with Crippen LogP contribution in [0.3, 0.4) is 0 Å². The minimum Gasteiger partial charge on any atom is -0.336 e. The second-order valence-electron chi connectivity index (χ2n) is 9.02. The highest BCUT2D eigenvalue weighted by Crippen LogP contribution is 2.29. The quantitative estimate of drug-likeness (QED) is 0.667. The van der Waals surface area contributed by atoms with E-state index in [0.29, 0.717) is 41.9 Å². The van der Waals surface area contributed by atoms with E-state index in [1.807, 2.05) is 25.8 Å². The Morgan fingerprint density at radius 1 is 0.912 bits per heavy atom. The Morgan fingerprint density at radius 2 is 1.47 bits per heavy atom. The van der Waals surface area contributed by atoms with E-state index in [9.17, 15) is 19.2 Å². The van der Waals surface area contributed by atoms with Gasteiger partial charge in [0.2, 0.25) is 5.91 Å². The maximum absolute atomic E-state index is 13.3. The van der Waals surface area contributed by atoms with Gasteiger partial charge in [-0.25, -0.2) is 0 Å². The number of fused-ring (bicyclic) bond motifs is 1. The Balaban J connectivity index is 1.49. The van der Waals surface area contributed by atoms with Crippen LogP contribution in [0.1, 0.15) is 51.3 Å². The first-order valence-corrected chi connectivity index (χ1v) is 11.7. The SMILES string of the molecule is CCC(C)C(C(=O)Nc1ccc(C(=O)N2CCN(C)CC2)cc1)N1C(=O)c2ccccc2C1=O. The Labute approximate surface area is 199 Å². The third-order valence-corrected chi connectivity index (χ3v) is 6.75. The molecular weight excluding hydrogens is 432 g/mol. The minimum absolute atomic E-state index is 0.0329. The van der Waals surface area contributed by atoms with Gasteiger partial charge in [-0.2, -0.15) is 0 Å². The number of rotatable bonds is 6. The molecule has 178 valence electrons. The molecule has 0 aromatic heterocycles. The molecule has 0 aliphatic carbocycles. The van der Waals surface area contributed by atoms with E-state index in [1.165, 1.54) is 0 Å². The number of imide groups is 1. The normalized spacial score (nSPS) is 18.0. The van der Waals surface area contributed by atoms with Gasteiger partial charge >= 0.3 is 0 Å². The van der Waals surface area contributed by atoms with Gasteiger partial charge in [0.05, 0.1) is 11.1 Å². The monoisotopic (exact) mass is 462 g/mol. The summed E-state index contributed by atoms with van der Waals surface area (Å²) in [6, 6.07) is 12.4. The highest BCUT2D eigenvalue weighted by Gasteiger charge is 2.44. The topological polar surface area (TPSA) is 90.0 Å². The van der Waals surface area contributed by atoms with Crippen LogP contribution in [0.25, 0.3) is 0 Å². The molecule has 8 heteroatoms. The summed E-state index contributed by atoms with van der Waals surface area (Å²) in [7, 11) is 2.04. The number of anilines is 1. The maximum Gasteiger partial charge on any atom is 0.262 e. The Kier molecular flexibility index (Phi) is 6.79. The van der Waals surface area contributed by atoms with E-state index in [-0.39, 0.29) is 11.8 Å². The lowest BCUT2D eigenvalue weighted by Crippen LogP contribution is -2.50. The van der Waals surface area contributed by atoms with Crippen LogP contribution in [-0.4, -0.2) is 77.6 Å². The third-order valence-electron chi connectivity index (χ3n) is 6.75. The molecule has 2 aliphatic heterocycles. The van der Waals surface area contributed by atoms with Crippen molar-refractivity contribution in [2.45, 2.75) is 26.3 Å². The number of nitrogens with one attached hydrogen (secondary N) is 1. The Bertz CT molecular complexity index is 1070. The lowest BCUT2D eigenvalue weighted by molar-refractivity contribution is -0.121. The lowest BCUT2D eigenvalue weighted by Gasteiger charge is -2.32. The molecule has 2 heterocycles. The highest BCUT2D eigenvalue weighted by atomic mass is 16.2. The fourth-order valence-corrected chi connectivity index (χ4v) is 4.42. The smallest absolute Gasteiger partial charge is 0.262 e. The summed E-state index contributed by atoms with van der Waals surface area (Å²) >= 11 is 0. The van der Waals surface area contributed by atoms with Crippen LogP contribution >= 0.6 is 0 Å². The molecule has 34 heavy (non-hydrogen) atoms. The summed E-state index contributed by atoms with van der Waals surface area (Å²) in [4.78, 5) is 57.2. The molecule has 0 radical (unpaired) electrons. The van der Waals surface area contributed by atoms with E-state index in [0.717, 1.165) is 18.0 Å².